The van der Waals surface area contributed by atoms with Gasteiger partial charge in [-0.25, -0.2) is 8.42 Å². The van der Waals surface area contributed by atoms with Gasteiger partial charge in [-0.05, 0) is 55.7 Å². The Hall–Kier alpha value is -2.05. The van der Waals surface area contributed by atoms with E-state index in [9.17, 15) is 13.2 Å². The second-order valence-corrected chi connectivity index (χ2v) is 8.19. The first-order valence-electron chi connectivity index (χ1n) is 8.05. The van der Waals surface area contributed by atoms with Crippen molar-refractivity contribution in [3.05, 3.63) is 58.6 Å². The van der Waals surface area contributed by atoms with Gasteiger partial charge in [0, 0.05) is 23.7 Å². The van der Waals surface area contributed by atoms with Crippen LogP contribution >= 0.6 is 11.6 Å². The second-order valence-electron chi connectivity index (χ2n) is 6.10. The highest BCUT2D eigenvalue weighted by Crippen LogP contribution is 2.23. The largest absolute Gasteiger partial charge is 0.339 e. The Kier molecular flexibility index (Phi) is 5.01. The van der Waals surface area contributed by atoms with Crippen molar-refractivity contribution in [3.63, 3.8) is 0 Å². The molecule has 5 nitrogen and oxygen atoms in total. The number of hydrogen-bond acceptors (Lipinski definition) is 3. The molecule has 1 fully saturated rings. The number of nitrogens with one attached hydrogen (secondary N) is 1. The van der Waals surface area contributed by atoms with Gasteiger partial charge in [-0.3, -0.25) is 9.52 Å². The average molecular weight is 379 g/mol. The first-order valence-corrected chi connectivity index (χ1v) is 9.91. The normalized spacial score (nSPS) is 14.6. The summed E-state index contributed by atoms with van der Waals surface area (Å²) in [5, 5.41) is 0.484. The zero-order chi connectivity index (χ0) is 18.0. The van der Waals surface area contributed by atoms with E-state index in [2.05, 4.69) is 4.72 Å². The quantitative estimate of drug-likeness (QED) is 0.882. The Morgan fingerprint density at radius 2 is 1.84 bits per heavy atom. The van der Waals surface area contributed by atoms with E-state index in [1.165, 1.54) is 12.1 Å². The molecule has 25 heavy (non-hydrogen) atoms. The van der Waals surface area contributed by atoms with Crippen LogP contribution in [0, 0.1) is 6.92 Å². The fraction of sp³-hybridized carbons (Fsp3) is 0.278. The van der Waals surface area contributed by atoms with Crippen LogP contribution in [0.5, 0.6) is 0 Å². The molecule has 3 rings (SSSR count). The fourth-order valence-corrected chi connectivity index (χ4v) is 4.05. The molecule has 0 unspecified atom stereocenters. The summed E-state index contributed by atoms with van der Waals surface area (Å²) in [6.45, 7) is 3.28. The van der Waals surface area contributed by atoms with Crippen LogP contribution in [0.25, 0.3) is 0 Å². The van der Waals surface area contributed by atoms with Gasteiger partial charge in [0.1, 0.15) is 0 Å². The van der Waals surface area contributed by atoms with E-state index in [-0.39, 0.29) is 10.8 Å². The molecule has 0 spiro atoms. The molecule has 0 atom stereocenters. The van der Waals surface area contributed by atoms with Crippen molar-refractivity contribution in [1.29, 1.82) is 0 Å². The second kappa shape index (κ2) is 7.06. The van der Waals surface area contributed by atoms with Gasteiger partial charge >= 0.3 is 0 Å². The van der Waals surface area contributed by atoms with Crippen LogP contribution in [0.15, 0.2) is 47.4 Å². The lowest BCUT2D eigenvalue weighted by atomic mass is 10.2. The first-order chi connectivity index (χ1) is 11.9. The molecule has 1 N–H and O–H groups in total. The van der Waals surface area contributed by atoms with Crippen LogP contribution in [0.1, 0.15) is 28.8 Å². The molecule has 2 aromatic carbocycles. The third-order valence-corrected chi connectivity index (χ3v) is 5.99. The van der Waals surface area contributed by atoms with E-state index in [0.29, 0.717) is 16.3 Å². The molecular formula is C18H19ClN2O3S. The molecule has 1 heterocycles. The van der Waals surface area contributed by atoms with Gasteiger partial charge in [-0.1, -0.05) is 23.7 Å². The maximum atomic E-state index is 12.6. The summed E-state index contributed by atoms with van der Waals surface area (Å²) in [6.07, 6.45) is 1.97. The minimum absolute atomic E-state index is 0.0502. The van der Waals surface area contributed by atoms with Crippen molar-refractivity contribution in [1.82, 2.24) is 4.90 Å². The molecule has 2 aromatic rings. The van der Waals surface area contributed by atoms with E-state index < -0.39 is 10.0 Å². The van der Waals surface area contributed by atoms with Gasteiger partial charge in [0.05, 0.1) is 10.6 Å². The number of carbonyl (C=O) groups is 1. The summed E-state index contributed by atoms with van der Waals surface area (Å²) in [4.78, 5) is 14.3. The van der Waals surface area contributed by atoms with Gasteiger partial charge in [0.25, 0.3) is 15.9 Å². The van der Waals surface area contributed by atoms with E-state index in [0.717, 1.165) is 31.5 Å². The predicted octanol–water partition coefficient (Wildman–Crippen LogP) is 3.69. The number of amides is 1. The van der Waals surface area contributed by atoms with Gasteiger partial charge in [0.2, 0.25) is 0 Å². The number of anilines is 1. The van der Waals surface area contributed by atoms with E-state index >= 15 is 0 Å². The van der Waals surface area contributed by atoms with Crippen LogP contribution in [0.3, 0.4) is 0 Å². The highest BCUT2D eigenvalue weighted by molar-refractivity contribution is 7.92. The third-order valence-electron chi connectivity index (χ3n) is 4.21. The number of rotatable bonds is 4. The number of hydrogen-bond donors (Lipinski definition) is 1. The van der Waals surface area contributed by atoms with Crippen molar-refractivity contribution >= 4 is 33.2 Å². The van der Waals surface area contributed by atoms with Gasteiger partial charge in [0.15, 0.2) is 0 Å². The number of halogens is 1. The SMILES string of the molecule is Cc1ccc(NS(=O)(=O)c2cccc(C(=O)N3CCCC3)c2)cc1Cl. The summed E-state index contributed by atoms with van der Waals surface area (Å²) in [5.41, 5.74) is 1.63. The number of carbonyl (C=O) groups excluding carboxylic acids is 1. The first kappa shape index (κ1) is 17.8. The molecule has 0 aliphatic carbocycles. The molecular weight excluding hydrogens is 360 g/mol. The standard InChI is InChI=1S/C18H19ClN2O3S/c1-13-7-8-15(12-17(13)19)20-25(23,24)16-6-4-5-14(11-16)18(22)21-9-2-3-10-21/h4-8,11-12,20H,2-3,9-10H2,1H3. The van der Waals surface area contributed by atoms with E-state index in [4.69, 9.17) is 11.6 Å². The molecule has 1 saturated heterocycles. The molecule has 0 saturated carbocycles. The highest BCUT2D eigenvalue weighted by atomic mass is 35.5. The van der Waals surface area contributed by atoms with E-state index in [1.807, 2.05) is 6.92 Å². The lowest BCUT2D eigenvalue weighted by Crippen LogP contribution is -2.27. The van der Waals surface area contributed by atoms with Crippen molar-refractivity contribution < 1.29 is 13.2 Å². The van der Waals surface area contributed by atoms with Gasteiger partial charge in [-0.15, -0.1) is 0 Å². The summed E-state index contributed by atoms with van der Waals surface area (Å²) in [5.74, 6) is -0.132. The summed E-state index contributed by atoms with van der Waals surface area (Å²) in [6, 6.07) is 11.1. The molecule has 0 aromatic heterocycles. The Bertz CT molecular complexity index is 906. The van der Waals surface area contributed by atoms with Crippen molar-refractivity contribution in [2.45, 2.75) is 24.7 Å². The topological polar surface area (TPSA) is 66.5 Å². The zero-order valence-electron chi connectivity index (χ0n) is 13.8. The number of aryl methyl sites for hydroxylation is 1. The smallest absolute Gasteiger partial charge is 0.261 e. The molecule has 1 aliphatic heterocycles. The van der Waals surface area contributed by atoms with Crippen LogP contribution in [-0.4, -0.2) is 32.3 Å². The van der Waals surface area contributed by atoms with Crippen LogP contribution < -0.4 is 4.72 Å². The predicted molar refractivity (Wildman–Crippen MR) is 98.6 cm³/mol. The third kappa shape index (κ3) is 3.96. The zero-order valence-corrected chi connectivity index (χ0v) is 15.4. The Morgan fingerprint density at radius 1 is 1.12 bits per heavy atom. The van der Waals surface area contributed by atoms with Gasteiger partial charge < -0.3 is 4.90 Å². The Labute approximate surface area is 152 Å². The molecule has 132 valence electrons. The highest BCUT2D eigenvalue weighted by Gasteiger charge is 2.22. The van der Waals surface area contributed by atoms with Crippen molar-refractivity contribution in [2.24, 2.45) is 0 Å². The molecule has 1 aliphatic rings. The minimum Gasteiger partial charge on any atom is -0.339 e. The summed E-state index contributed by atoms with van der Waals surface area (Å²) >= 11 is 6.04. The van der Waals surface area contributed by atoms with E-state index in [1.54, 1.807) is 35.2 Å². The summed E-state index contributed by atoms with van der Waals surface area (Å²) in [7, 11) is -3.80. The Balaban J connectivity index is 1.85. The maximum Gasteiger partial charge on any atom is 0.261 e. The van der Waals surface area contributed by atoms with Crippen molar-refractivity contribution in [3.8, 4) is 0 Å². The molecule has 0 bridgehead atoms. The van der Waals surface area contributed by atoms with Crippen LogP contribution in [-0.2, 0) is 10.0 Å². The Morgan fingerprint density at radius 3 is 2.52 bits per heavy atom. The average Bonchev–Trinajstić information content (AvgIpc) is 3.12. The van der Waals surface area contributed by atoms with Crippen LogP contribution in [0.4, 0.5) is 5.69 Å². The summed E-state index contributed by atoms with van der Waals surface area (Å²) < 4.78 is 27.7. The number of sulfonamides is 1. The molecule has 0 radical (unpaired) electrons. The van der Waals surface area contributed by atoms with Gasteiger partial charge in [-0.2, -0.15) is 0 Å². The molecule has 1 amide bonds. The lowest BCUT2D eigenvalue weighted by molar-refractivity contribution is 0.0792. The molecule has 7 heteroatoms. The fourth-order valence-electron chi connectivity index (χ4n) is 2.77. The number of likely N-dealkylation sites (tertiary alicyclic amines) is 1. The lowest BCUT2D eigenvalue weighted by Gasteiger charge is -2.16. The van der Waals surface area contributed by atoms with Crippen LogP contribution in [0.2, 0.25) is 5.02 Å². The maximum absolute atomic E-state index is 12.6. The monoisotopic (exact) mass is 378 g/mol. The number of benzene rings is 2. The number of nitrogens with zero attached hydrogens (tertiary/aromatic N) is 1. The van der Waals surface area contributed by atoms with Crippen molar-refractivity contribution in [2.75, 3.05) is 17.8 Å². The minimum atomic E-state index is -3.80.